The number of rotatable bonds is 0. The summed E-state index contributed by atoms with van der Waals surface area (Å²) in [4.78, 5) is 0.367. The highest BCUT2D eigenvalue weighted by atomic mass is 16.5. The van der Waals surface area contributed by atoms with Gasteiger partial charge in [-0.1, -0.05) is 0 Å². The van der Waals surface area contributed by atoms with E-state index < -0.39 is 0 Å². The third-order valence-electron chi connectivity index (χ3n) is 2.42. The molecule has 0 unspecified atom stereocenters. The number of nitrogens with zero attached hydrogens (tertiary/aromatic N) is 3. The molecule has 1 heterocycles. The molecule has 0 saturated carbocycles. The van der Waals surface area contributed by atoms with E-state index >= 15 is 0 Å². The van der Waals surface area contributed by atoms with E-state index in [1.807, 2.05) is 13.8 Å². The third kappa shape index (κ3) is 1.30. The molecule has 1 aromatic carbocycles. The minimum atomic E-state index is -0.347. The topological polar surface area (TPSA) is 92.8 Å². The van der Waals surface area contributed by atoms with Gasteiger partial charge in [-0.05, 0) is 31.0 Å². The van der Waals surface area contributed by atoms with E-state index in [4.69, 9.17) is 5.73 Å². The molecule has 2 aromatic rings. The summed E-state index contributed by atoms with van der Waals surface area (Å²) in [6.45, 7) is 3.72. The predicted molar refractivity (Wildman–Crippen MR) is 53.5 cm³/mol. The Hall–Kier alpha value is -2.11. The maximum atomic E-state index is 11.5. The SMILES string of the molecule is Cc1cc2c(cc1C)[n+]([O-])c(N)n[n+]2[O-]. The first kappa shape index (κ1) is 9.45. The van der Waals surface area contributed by atoms with Crippen molar-refractivity contribution in [1.82, 2.24) is 5.10 Å². The molecule has 2 N–H and O–H groups in total. The minimum absolute atomic E-state index is 0.224. The first-order valence-corrected chi connectivity index (χ1v) is 4.40. The minimum Gasteiger partial charge on any atom is -0.739 e. The summed E-state index contributed by atoms with van der Waals surface area (Å²) in [6, 6.07) is 3.25. The van der Waals surface area contributed by atoms with Crippen LogP contribution in [0.1, 0.15) is 11.1 Å². The zero-order valence-corrected chi connectivity index (χ0v) is 8.39. The average molecular weight is 206 g/mol. The van der Waals surface area contributed by atoms with Gasteiger partial charge in [0, 0.05) is 10.9 Å². The maximum absolute atomic E-state index is 11.5. The van der Waals surface area contributed by atoms with Crippen molar-refractivity contribution in [2.45, 2.75) is 13.8 Å². The van der Waals surface area contributed by atoms with E-state index in [-0.39, 0.29) is 17.0 Å². The first-order valence-electron chi connectivity index (χ1n) is 4.40. The van der Waals surface area contributed by atoms with Crippen LogP contribution in [0.4, 0.5) is 5.95 Å². The standard InChI is InChI=1S/C9H10N4O2/c1-5-3-7-8(4-6(5)2)13(15)11-9(10)12(7)14/h3-4H,1-2H3,(H2,10,11). The second-order valence-electron chi connectivity index (χ2n) is 3.45. The lowest BCUT2D eigenvalue weighted by molar-refractivity contribution is -0.672. The van der Waals surface area contributed by atoms with Crippen molar-refractivity contribution in [3.8, 4) is 0 Å². The van der Waals surface area contributed by atoms with Crippen LogP contribution in [-0.2, 0) is 0 Å². The van der Waals surface area contributed by atoms with Crippen LogP contribution in [0.3, 0.4) is 0 Å². The van der Waals surface area contributed by atoms with E-state index in [0.29, 0.717) is 9.58 Å². The number of nitrogens with two attached hydrogens (primary N) is 1. The number of benzene rings is 1. The quantitative estimate of drug-likeness (QED) is 0.473. The molecule has 0 saturated heterocycles. The van der Waals surface area contributed by atoms with Gasteiger partial charge >= 0.3 is 5.95 Å². The Kier molecular flexibility index (Phi) is 1.85. The smallest absolute Gasteiger partial charge is 0.458 e. The second kappa shape index (κ2) is 2.94. The predicted octanol–water partition coefficient (Wildman–Crippen LogP) is -0.299. The van der Waals surface area contributed by atoms with E-state index in [2.05, 4.69) is 5.10 Å². The zero-order chi connectivity index (χ0) is 11.2. The fourth-order valence-electron chi connectivity index (χ4n) is 1.41. The Morgan fingerprint density at radius 3 is 2.27 bits per heavy atom. The lowest BCUT2D eigenvalue weighted by atomic mass is 10.1. The first-order chi connectivity index (χ1) is 7.00. The van der Waals surface area contributed by atoms with Crippen LogP contribution in [0, 0.1) is 24.3 Å². The highest BCUT2D eigenvalue weighted by molar-refractivity contribution is 5.70. The molecule has 1 aromatic heterocycles. The van der Waals surface area contributed by atoms with Crippen LogP contribution in [-0.4, -0.2) is 5.10 Å². The molecule has 0 aliphatic heterocycles. The fourth-order valence-corrected chi connectivity index (χ4v) is 1.41. The Morgan fingerprint density at radius 2 is 1.67 bits per heavy atom. The molecule has 6 heteroatoms. The van der Waals surface area contributed by atoms with Gasteiger partial charge < -0.3 is 10.4 Å². The van der Waals surface area contributed by atoms with E-state index in [9.17, 15) is 10.4 Å². The molecule has 0 radical (unpaired) electrons. The van der Waals surface area contributed by atoms with Crippen molar-refractivity contribution in [3.05, 3.63) is 33.7 Å². The van der Waals surface area contributed by atoms with Crippen molar-refractivity contribution in [3.63, 3.8) is 0 Å². The number of hydrogen-bond acceptors (Lipinski definition) is 4. The molecule has 2 rings (SSSR count). The van der Waals surface area contributed by atoms with Gasteiger partial charge in [-0.3, -0.25) is 5.73 Å². The Balaban J connectivity index is 2.97. The van der Waals surface area contributed by atoms with Crippen molar-refractivity contribution >= 4 is 17.0 Å². The van der Waals surface area contributed by atoms with E-state index in [1.54, 1.807) is 12.1 Å². The van der Waals surface area contributed by atoms with Crippen LogP contribution < -0.4 is 15.3 Å². The summed E-state index contributed by atoms with van der Waals surface area (Å²) >= 11 is 0. The molecular weight excluding hydrogens is 196 g/mol. The van der Waals surface area contributed by atoms with Gasteiger partial charge in [0.2, 0.25) is 5.10 Å². The molecule has 0 aliphatic carbocycles. The highest BCUT2D eigenvalue weighted by Gasteiger charge is 2.17. The van der Waals surface area contributed by atoms with Crippen molar-refractivity contribution < 1.29 is 9.58 Å². The third-order valence-corrected chi connectivity index (χ3v) is 2.42. The summed E-state index contributed by atoms with van der Waals surface area (Å²) in [5, 5.41) is 26.3. The molecule has 0 fully saturated rings. The number of hydrogen-bond donors (Lipinski definition) is 1. The summed E-state index contributed by atoms with van der Waals surface area (Å²) < 4.78 is 0.455. The van der Waals surface area contributed by atoms with Gasteiger partial charge in [-0.2, -0.15) is 0 Å². The Bertz CT molecular complexity index is 554. The lowest BCUT2D eigenvalue weighted by Gasteiger charge is -2.08. The van der Waals surface area contributed by atoms with Crippen LogP contribution in [0.25, 0.3) is 11.0 Å². The van der Waals surface area contributed by atoms with Gasteiger partial charge in [0.25, 0.3) is 5.52 Å². The van der Waals surface area contributed by atoms with Crippen LogP contribution in [0.5, 0.6) is 0 Å². The van der Waals surface area contributed by atoms with Gasteiger partial charge in [0.05, 0.1) is 0 Å². The highest BCUT2D eigenvalue weighted by Crippen LogP contribution is 2.13. The average Bonchev–Trinajstić information content (AvgIpc) is 2.18. The number of aryl methyl sites for hydroxylation is 2. The van der Waals surface area contributed by atoms with Crippen LogP contribution in [0.2, 0.25) is 0 Å². The summed E-state index contributed by atoms with van der Waals surface area (Å²) in [5.74, 6) is -0.347. The summed E-state index contributed by atoms with van der Waals surface area (Å²) in [5.41, 5.74) is 7.61. The molecule has 15 heavy (non-hydrogen) atoms. The summed E-state index contributed by atoms with van der Waals surface area (Å²) in [6.07, 6.45) is 0. The normalized spacial score (nSPS) is 10.8. The van der Waals surface area contributed by atoms with E-state index in [0.717, 1.165) is 11.1 Å². The lowest BCUT2D eigenvalue weighted by Crippen LogP contribution is -2.44. The number of fused-ring (bicyclic) bond motifs is 1. The zero-order valence-electron chi connectivity index (χ0n) is 8.39. The van der Waals surface area contributed by atoms with Gasteiger partial charge in [-0.25, -0.2) is 4.73 Å². The molecule has 6 nitrogen and oxygen atoms in total. The largest absolute Gasteiger partial charge is 0.739 e. The van der Waals surface area contributed by atoms with Crippen molar-refractivity contribution in [2.75, 3.05) is 5.73 Å². The van der Waals surface area contributed by atoms with E-state index in [1.165, 1.54) is 0 Å². The Morgan fingerprint density at radius 1 is 1.13 bits per heavy atom. The van der Waals surface area contributed by atoms with Crippen LogP contribution in [0.15, 0.2) is 12.1 Å². The molecule has 0 aliphatic rings. The molecule has 78 valence electrons. The van der Waals surface area contributed by atoms with Gasteiger partial charge in [0.15, 0.2) is 5.52 Å². The molecule has 0 amide bonds. The van der Waals surface area contributed by atoms with Gasteiger partial charge in [0.1, 0.15) is 0 Å². The molecule has 0 atom stereocenters. The monoisotopic (exact) mass is 206 g/mol. The maximum Gasteiger partial charge on any atom is 0.458 e. The number of nitrogen functional groups attached to an aromatic ring is 1. The van der Waals surface area contributed by atoms with Crippen molar-refractivity contribution in [1.29, 1.82) is 0 Å². The number of anilines is 1. The molecular formula is C9H10N4O2. The Labute approximate surface area is 85.7 Å². The molecule has 0 spiro atoms. The van der Waals surface area contributed by atoms with Gasteiger partial charge in [-0.15, -0.1) is 0 Å². The number of aromatic nitrogens is 3. The van der Waals surface area contributed by atoms with Crippen LogP contribution >= 0.6 is 0 Å². The van der Waals surface area contributed by atoms with Crippen molar-refractivity contribution in [2.24, 2.45) is 0 Å². The summed E-state index contributed by atoms with van der Waals surface area (Å²) in [7, 11) is 0. The second-order valence-corrected chi connectivity index (χ2v) is 3.45. The molecule has 0 bridgehead atoms. The fraction of sp³-hybridized carbons (Fsp3) is 0.222.